The molecule has 4 rings (SSSR count). The maximum absolute atomic E-state index is 11.7. The maximum atomic E-state index is 11.7. The summed E-state index contributed by atoms with van der Waals surface area (Å²) in [6.07, 6.45) is 3.13. The summed E-state index contributed by atoms with van der Waals surface area (Å²) in [6.45, 7) is 0. The lowest BCUT2D eigenvalue weighted by Crippen LogP contribution is -1.96. The third kappa shape index (κ3) is 2.78. The predicted molar refractivity (Wildman–Crippen MR) is 101 cm³/mol. The number of nitrogens with zero attached hydrogens (tertiary/aromatic N) is 2. The second-order valence-corrected chi connectivity index (χ2v) is 9.06. The van der Waals surface area contributed by atoms with Crippen LogP contribution in [0.4, 0.5) is 0 Å². The summed E-state index contributed by atoms with van der Waals surface area (Å²) in [7, 11) is -1.65. The minimum absolute atomic E-state index is 0.312. The number of halogens is 1. The third-order valence-corrected chi connectivity index (χ3v) is 6.38. The zero-order valence-electron chi connectivity index (χ0n) is 13.4. The van der Waals surface area contributed by atoms with Crippen molar-refractivity contribution in [3.8, 4) is 17.0 Å². The van der Waals surface area contributed by atoms with Crippen molar-refractivity contribution in [2.24, 2.45) is 0 Å². The summed E-state index contributed by atoms with van der Waals surface area (Å²) >= 11 is 7.52. The van der Waals surface area contributed by atoms with Gasteiger partial charge in [0.05, 0.1) is 32.9 Å². The van der Waals surface area contributed by atoms with Gasteiger partial charge in [0.1, 0.15) is 5.75 Å². The highest BCUT2D eigenvalue weighted by Crippen LogP contribution is 2.33. The number of hydrogen-bond acceptors (Lipinski definition) is 5. The normalized spacial score (nSPS) is 12.1. The Morgan fingerprint density at radius 1 is 1.20 bits per heavy atom. The molecule has 0 spiro atoms. The van der Waals surface area contributed by atoms with Gasteiger partial charge in [0.2, 0.25) is 0 Å². The molecule has 4 aromatic rings. The summed E-state index contributed by atoms with van der Waals surface area (Å²) in [5, 5.41) is 0.547. The first-order chi connectivity index (χ1) is 11.9. The summed E-state index contributed by atoms with van der Waals surface area (Å²) in [5.41, 5.74) is 2.63. The summed E-state index contributed by atoms with van der Waals surface area (Å²) in [6, 6.07) is 10.6. The molecule has 0 radical (unpaired) electrons. The fraction of sp³-hybridized carbons (Fsp3) is 0.118. The van der Waals surface area contributed by atoms with Crippen LogP contribution < -0.4 is 4.74 Å². The Balaban J connectivity index is 1.86. The zero-order chi connectivity index (χ0) is 17.8. The molecule has 2 heterocycles. The molecule has 0 unspecified atom stereocenters. The van der Waals surface area contributed by atoms with E-state index >= 15 is 0 Å². The van der Waals surface area contributed by atoms with E-state index in [0.717, 1.165) is 26.4 Å². The van der Waals surface area contributed by atoms with Gasteiger partial charge in [0, 0.05) is 18.0 Å². The summed E-state index contributed by atoms with van der Waals surface area (Å²) in [5.74, 6) is 0.596. The van der Waals surface area contributed by atoms with Crippen LogP contribution in [0.5, 0.6) is 5.75 Å². The molecule has 0 bridgehead atoms. The lowest BCUT2D eigenvalue weighted by Gasteiger charge is -2.04. The number of sulfone groups is 1. The molecule has 0 saturated carbocycles. The van der Waals surface area contributed by atoms with Gasteiger partial charge < -0.3 is 4.74 Å². The molecule has 0 aliphatic heterocycles. The fourth-order valence-corrected chi connectivity index (χ4v) is 4.63. The van der Waals surface area contributed by atoms with Gasteiger partial charge in [-0.2, -0.15) is 0 Å². The molecule has 2 aromatic heterocycles. The Morgan fingerprint density at radius 2 is 2.00 bits per heavy atom. The Labute approximate surface area is 153 Å². The minimum Gasteiger partial charge on any atom is -0.495 e. The maximum Gasteiger partial charge on any atom is 0.195 e. The number of fused-ring (bicyclic) bond motifs is 3. The lowest BCUT2D eigenvalue weighted by atomic mass is 10.1. The topological polar surface area (TPSA) is 60.7 Å². The third-order valence-electron chi connectivity index (χ3n) is 3.94. The van der Waals surface area contributed by atoms with Crippen molar-refractivity contribution in [1.29, 1.82) is 0 Å². The van der Waals surface area contributed by atoms with Crippen molar-refractivity contribution in [3.05, 3.63) is 47.6 Å². The van der Waals surface area contributed by atoms with Gasteiger partial charge in [0.15, 0.2) is 14.8 Å². The van der Waals surface area contributed by atoms with E-state index in [1.165, 1.54) is 17.6 Å². The first-order valence-electron chi connectivity index (χ1n) is 7.32. The van der Waals surface area contributed by atoms with Crippen LogP contribution in [-0.2, 0) is 9.84 Å². The molecule has 0 atom stereocenters. The summed E-state index contributed by atoms with van der Waals surface area (Å²) in [4.78, 5) is 5.76. The second kappa shape index (κ2) is 5.72. The average Bonchev–Trinajstić information content (AvgIpc) is 3.11. The predicted octanol–water partition coefficient (Wildman–Crippen LogP) is 4.28. The monoisotopic (exact) mass is 392 g/mol. The van der Waals surface area contributed by atoms with Gasteiger partial charge >= 0.3 is 0 Å². The highest BCUT2D eigenvalue weighted by atomic mass is 35.5. The van der Waals surface area contributed by atoms with Gasteiger partial charge in [-0.1, -0.05) is 29.0 Å². The Morgan fingerprint density at radius 3 is 2.72 bits per heavy atom. The van der Waals surface area contributed by atoms with Crippen molar-refractivity contribution in [2.75, 3.05) is 13.4 Å². The zero-order valence-corrected chi connectivity index (χ0v) is 15.7. The van der Waals surface area contributed by atoms with Crippen LogP contribution in [0.15, 0.2) is 47.5 Å². The molecular formula is C17H13ClN2O3S2. The number of imidazole rings is 1. The van der Waals surface area contributed by atoms with Crippen molar-refractivity contribution >= 4 is 48.0 Å². The Bertz CT molecular complexity index is 1230. The lowest BCUT2D eigenvalue weighted by molar-refractivity contribution is 0.415. The second-order valence-electron chi connectivity index (χ2n) is 5.63. The number of ether oxygens (including phenoxy) is 1. The van der Waals surface area contributed by atoms with Crippen LogP contribution in [0.25, 0.3) is 26.4 Å². The van der Waals surface area contributed by atoms with Crippen molar-refractivity contribution in [3.63, 3.8) is 0 Å². The van der Waals surface area contributed by atoms with Crippen molar-refractivity contribution < 1.29 is 13.2 Å². The number of methoxy groups -OCH3 is 1. The average molecular weight is 393 g/mol. The van der Waals surface area contributed by atoms with Crippen LogP contribution in [0.1, 0.15) is 0 Å². The molecule has 0 aliphatic rings. The molecule has 0 saturated heterocycles. The van der Waals surface area contributed by atoms with E-state index in [2.05, 4.69) is 4.98 Å². The van der Waals surface area contributed by atoms with Crippen LogP contribution in [-0.4, -0.2) is 31.2 Å². The largest absolute Gasteiger partial charge is 0.495 e. The van der Waals surface area contributed by atoms with E-state index in [9.17, 15) is 8.42 Å². The van der Waals surface area contributed by atoms with E-state index < -0.39 is 9.84 Å². The van der Waals surface area contributed by atoms with Crippen molar-refractivity contribution in [1.82, 2.24) is 9.38 Å². The van der Waals surface area contributed by atoms with Crippen LogP contribution in [0.2, 0.25) is 5.02 Å². The molecule has 8 heteroatoms. The number of thiazole rings is 1. The van der Waals surface area contributed by atoms with E-state index in [-0.39, 0.29) is 0 Å². The molecule has 0 N–H and O–H groups in total. The van der Waals surface area contributed by atoms with Crippen LogP contribution in [0.3, 0.4) is 0 Å². The smallest absolute Gasteiger partial charge is 0.195 e. The summed E-state index contributed by atoms with van der Waals surface area (Å²) < 4.78 is 31.5. The van der Waals surface area contributed by atoms with E-state index in [4.69, 9.17) is 16.3 Å². The first kappa shape index (κ1) is 16.4. The molecule has 128 valence electrons. The van der Waals surface area contributed by atoms with E-state index in [1.54, 1.807) is 25.3 Å². The Kier molecular flexibility index (Phi) is 3.75. The molecule has 0 aliphatic carbocycles. The van der Waals surface area contributed by atoms with Gasteiger partial charge in [-0.25, -0.2) is 13.4 Å². The first-order valence-corrected chi connectivity index (χ1v) is 10.4. The Hall–Kier alpha value is -2.09. The number of benzene rings is 2. The van der Waals surface area contributed by atoms with Crippen molar-refractivity contribution in [2.45, 2.75) is 4.90 Å². The number of rotatable bonds is 3. The quantitative estimate of drug-likeness (QED) is 0.522. The number of hydrogen-bond donors (Lipinski definition) is 0. The van der Waals surface area contributed by atoms with Gasteiger partial charge in [0.25, 0.3) is 0 Å². The minimum atomic E-state index is -3.23. The van der Waals surface area contributed by atoms with Gasteiger partial charge in [-0.15, -0.1) is 0 Å². The molecule has 0 amide bonds. The van der Waals surface area contributed by atoms with Crippen LogP contribution in [0, 0.1) is 0 Å². The number of aromatic nitrogens is 2. The molecular weight excluding hydrogens is 380 g/mol. The fourth-order valence-electron chi connectivity index (χ4n) is 2.67. The molecule has 5 nitrogen and oxygen atoms in total. The van der Waals surface area contributed by atoms with Gasteiger partial charge in [-0.3, -0.25) is 4.40 Å². The van der Waals surface area contributed by atoms with E-state index in [0.29, 0.717) is 15.7 Å². The standard InChI is InChI=1S/C17H13ClN2O3S2/c1-23-15-7-10(3-5-12(15)18)13-9-20-14-6-4-11(25(2,21)22)8-16(14)24-17(20)19-13/h3-9H,1-2H3. The van der Waals surface area contributed by atoms with Gasteiger partial charge in [-0.05, 0) is 30.3 Å². The molecule has 0 fully saturated rings. The molecule has 25 heavy (non-hydrogen) atoms. The van der Waals surface area contributed by atoms with Crippen LogP contribution >= 0.6 is 22.9 Å². The SMILES string of the molecule is COc1cc(-c2cn3c(n2)sc2cc(S(C)(=O)=O)ccc23)ccc1Cl. The van der Waals surface area contributed by atoms with E-state index in [1.807, 2.05) is 28.8 Å². The highest BCUT2D eigenvalue weighted by molar-refractivity contribution is 7.90. The highest BCUT2D eigenvalue weighted by Gasteiger charge is 2.14. The molecule has 2 aromatic carbocycles.